The van der Waals surface area contributed by atoms with E-state index in [9.17, 15) is 14.4 Å². The van der Waals surface area contributed by atoms with Crippen LogP contribution in [0.3, 0.4) is 0 Å². The molecule has 4 aromatic rings. The standard InChI is InChI=1S/C31H31N7O4/c1-17-25(15-22-21-10-9-20(42-3)14-26(21)38-30(22)40)36-18(2)28(17)31(41)34-13-12-33-27-11-8-19(16-35-27)29(39)37-24-7-5-4-6-23(24)32/h4-11,14-16,36H,12-13,32H2,1-3H3,(H,33,35)(H,34,41)(H,37,39)(H,38,40). The summed E-state index contributed by atoms with van der Waals surface area (Å²) in [6, 6.07) is 15.8. The topological polar surface area (TPSA) is 163 Å². The van der Waals surface area contributed by atoms with Gasteiger partial charge in [0.25, 0.3) is 17.7 Å². The average molecular weight is 566 g/mol. The number of aromatic nitrogens is 2. The number of nitrogens with zero attached hydrogens (tertiary/aromatic N) is 1. The predicted octanol–water partition coefficient (Wildman–Crippen LogP) is 4.20. The molecule has 0 unspecified atom stereocenters. The fourth-order valence-corrected chi connectivity index (χ4v) is 4.74. The number of anilines is 4. The van der Waals surface area contributed by atoms with E-state index < -0.39 is 0 Å². The highest BCUT2D eigenvalue weighted by molar-refractivity contribution is 6.35. The van der Waals surface area contributed by atoms with Gasteiger partial charge in [0.05, 0.1) is 40.9 Å². The summed E-state index contributed by atoms with van der Waals surface area (Å²) in [4.78, 5) is 45.7. The minimum absolute atomic E-state index is 0.217. The zero-order chi connectivity index (χ0) is 29.8. The van der Waals surface area contributed by atoms with Crippen molar-refractivity contribution in [2.75, 3.05) is 41.9 Å². The molecule has 5 rings (SSSR count). The van der Waals surface area contributed by atoms with Crippen molar-refractivity contribution in [3.63, 3.8) is 0 Å². The third kappa shape index (κ3) is 5.80. The van der Waals surface area contributed by atoms with Crippen LogP contribution in [-0.4, -0.2) is 47.9 Å². The Balaban J connectivity index is 1.17. The lowest BCUT2D eigenvalue weighted by Crippen LogP contribution is -2.29. The number of H-pyrrole nitrogens is 1. The first-order valence-corrected chi connectivity index (χ1v) is 13.3. The summed E-state index contributed by atoms with van der Waals surface area (Å²) in [6.07, 6.45) is 3.23. The lowest BCUT2D eigenvalue weighted by Gasteiger charge is -2.10. The maximum absolute atomic E-state index is 13.0. The number of amides is 3. The van der Waals surface area contributed by atoms with Gasteiger partial charge in [-0.15, -0.1) is 0 Å². The van der Waals surface area contributed by atoms with Gasteiger partial charge in [-0.2, -0.15) is 0 Å². The van der Waals surface area contributed by atoms with Crippen LogP contribution < -0.4 is 31.7 Å². The first kappa shape index (κ1) is 28.0. The number of carbonyl (C=O) groups excluding carboxylic acids is 3. The molecule has 0 saturated carbocycles. The molecule has 0 saturated heterocycles. The minimum atomic E-state index is -0.315. The maximum atomic E-state index is 13.0. The second-order valence-electron chi connectivity index (χ2n) is 9.74. The van der Waals surface area contributed by atoms with Crippen molar-refractivity contribution in [1.82, 2.24) is 15.3 Å². The second kappa shape index (κ2) is 11.9. The average Bonchev–Trinajstić information content (AvgIpc) is 3.45. The number of fused-ring (bicyclic) bond motifs is 1. The molecule has 2 aromatic carbocycles. The van der Waals surface area contributed by atoms with Gasteiger partial charge in [0.15, 0.2) is 0 Å². The normalized spacial score (nSPS) is 12.9. The Kier molecular flexibility index (Phi) is 7.91. The molecule has 3 heterocycles. The van der Waals surface area contributed by atoms with Gasteiger partial charge in [-0.05, 0) is 61.9 Å². The van der Waals surface area contributed by atoms with E-state index in [4.69, 9.17) is 10.5 Å². The van der Waals surface area contributed by atoms with Crippen LogP contribution in [0.5, 0.6) is 5.75 Å². The van der Waals surface area contributed by atoms with Crippen LogP contribution in [-0.2, 0) is 4.79 Å². The lowest BCUT2D eigenvalue weighted by molar-refractivity contribution is -0.110. The highest BCUT2D eigenvalue weighted by Gasteiger charge is 2.26. The predicted molar refractivity (Wildman–Crippen MR) is 164 cm³/mol. The fourth-order valence-electron chi connectivity index (χ4n) is 4.74. The van der Waals surface area contributed by atoms with Crippen LogP contribution in [0.1, 0.15) is 43.2 Å². The summed E-state index contributed by atoms with van der Waals surface area (Å²) in [5.74, 6) is 0.458. The molecule has 0 radical (unpaired) electrons. The third-order valence-corrected chi connectivity index (χ3v) is 6.95. The Morgan fingerprint density at radius 2 is 1.86 bits per heavy atom. The molecular weight excluding hydrogens is 534 g/mol. The Labute approximate surface area is 242 Å². The maximum Gasteiger partial charge on any atom is 0.257 e. The Bertz CT molecular complexity index is 1710. The molecule has 7 N–H and O–H groups in total. The Morgan fingerprint density at radius 3 is 2.60 bits per heavy atom. The van der Waals surface area contributed by atoms with Gasteiger partial charge in [-0.25, -0.2) is 4.98 Å². The van der Waals surface area contributed by atoms with Gasteiger partial charge < -0.3 is 36.7 Å². The number of benzene rings is 2. The number of aromatic amines is 1. The second-order valence-corrected chi connectivity index (χ2v) is 9.74. The van der Waals surface area contributed by atoms with E-state index in [0.717, 1.165) is 11.1 Å². The van der Waals surface area contributed by atoms with Crippen molar-refractivity contribution in [3.05, 3.63) is 94.4 Å². The molecule has 0 aliphatic carbocycles. The van der Waals surface area contributed by atoms with Gasteiger partial charge in [-0.1, -0.05) is 12.1 Å². The van der Waals surface area contributed by atoms with Crippen molar-refractivity contribution < 1.29 is 19.1 Å². The zero-order valence-corrected chi connectivity index (χ0v) is 23.4. The smallest absolute Gasteiger partial charge is 0.257 e. The van der Waals surface area contributed by atoms with Crippen LogP contribution in [0, 0.1) is 13.8 Å². The van der Waals surface area contributed by atoms with Crippen LogP contribution in [0.4, 0.5) is 22.9 Å². The summed E-state index contributed by atoms with van der Waals surface area (Å²) >= 11 is 0. The van der Waals surface area contributed by atoms with Crippen molar-refractivity contribution in [2.24, 2.45) is 0 Å². The summed E-state index contributed by atoms with van der Waals surface area (Å²) < 4.78 is 5.25. The molecule has 214 valence electrons. The van der Waals surface area contributed by atoms with Gasteiger partial charge in [0, 0.05) is 42.3 Å². The first-order chi connectivity index (χ1) is 20.2. The molecule has 1 aliphatic heterocycles. The molecule has 1 aliphatic rings. The highest BCUT2D eigenvalue weighted by Crippen LogP contribution is 2.36. The monoisotopic (exact) mass is 565 g/mol. The van der Waals surface area contributed by atoms with E-state index in [0.29, 0.717) is 69.8 Å². The number of nitrogens with one attached hydrogen (secondary N) is 5. The van der Waals surface area contributed by atoms with Crippen LogP contribution in [0.2, 0.25) is 0 Å². The van der Waals surface area contributed by atoms with Crippen LogP contribution in [0.15, 0.2) is 60.8 Å². The van der Waals surface area contributed by atoms with Crippen molar-refractivity contribution in [2.45, 2.75) is 13.8 Å². The molecule has 2 aromatic heterocycles. The molecular formula is C31H31N7O4. The van der Waals surface area contributed by atoms with E-state index in [2.05, 4.69) is 31.2 Å². The summed E-state index contributed by atoms with van der Waals surface area (Å²) in [7, 11) is 1.57. The SMILES string of the molecule is COc1ccc2c(c1)NC(=O)C2=Cc1[nH]c(C)c(C(=O)NCCNc2ccc(C(=O)Nc3ccccc3N)cn2)c1C. The summed E-state index contributed by atoms with van der Waals surface area (Å²) in [6.45, 7) is 4.43. The largest absolute Gasteiger partial charge is 0.497 e. The third-order valence-electron chi connectivity index (χ3n) is 6.95. The number of para-hydroxylation sites is 2. The number of carbonyl (C=O) groups is 3. The first-order valence-electron chi connectivity index (χ1n) is 13.3. The number of nitrogen functional groups attached to an aromatic ring is 1. The van der Waals surface area contributed by atoms with Gasteiger partial charge >= 0.3 is 0 Å². The number of hydrogen-bond donors (Lipinski definition) is 6. The van der Waals surface area contributed by atoms with Gasteiger partial charge in [-0.3, -0.25) is 14.4 Å². The quantitative estimate of drug-likeness (QED) is 0.101. The van der Waals surface area contributed by atoms with Crippen LogP contribution in [0.25, 0.3) is 11.6 Å². The number of methoxy groups -OCH3 is 1. The van der Waals surface area contributed by atoms with E-state index >= 15 is 0 Å². The van der Waals surface area contributed by atoms with Crippen LogP contribution >= 0.6 is 0 Å². The molecule has 3 amide bonds. The molecule has 11 heteroatoms. The summed E-state index contributed by atoms with van der Waals surface area (Å²) in [5.41, 5.74) is 11.9. The van der Waals surface area contributed by atoms with E-state index in [1.54, 1.807) is 61.7 Å². The van der Waals surface area contributed by atoms with Crippen molar-refractivity contribution in [1.29, 1.82) is 0 Å². The molecule has 0 fully saturated rings. The van der Waals surface area contributed by atoms with Gasteiger partial charge in [0.2, 0.25) is 0 Å². The number of hydrogen-bond acceptors (Lipinski definition) is 7. The lowest BCUT2D eigenvalue weighted by atomic mass is 10.0. The molecule has 42 heavy (non-hydrogen) atoms. The van der Waals surface area contributed by atoms with Gasteiger partial charge in [0.1, 0.15) is 11.6 Å². The Morgan fingerprint density at radius 1 is 1.05 bits per heavy atom. The summed E-state index contributed by atoms with van der Waals surface area (Å²) in [5, 5.41) is 11.7. The number of rotatable bonds is 9. The zero-order valence-electron chi connectivity index (χ0n) is 23.4. The van der Waals surface area contributed by atoms with Crippen molar-refractivity contribution in [3.8, 4) is 5.75 Å². The number of aryl methyl sites for hydroxylation is 1. The number of nitrogens with two attached hydrogens (primary N) is 1. The molecule has 11 nitrogen and oxygen atoms in total. The molecule has 0 bridgehead atoms. The molecule has 0 spiro atoms. The van der Waals surface area contributed by atoms with Crippen molar-refractivity contribution >= 4 is 52.3 Å². The minimum Gasteiger partial charge on any atom is -0.497 e. The fraction of sp³-hybridized carbons (Fsp3) is 0.161. The van der Waals surface area contributed by atoms with E-state index in [1.807, 2.05) is 19.9 Å². The number of ether oxygens (including phenoxy) is 1. The van der Waals surface area contributed by atoms with E-state index in [-0.39, 0.29) is 17.7 Å². The Hall–Kier alpha value is -5.58. The highest BCUT2D eigenvalue weighted by atomic mass is 16.5. The van der Waals surface area contributed by atoms with E-state index in [1.165, 1.54) is 6.20 Å². The molecule has 0 atom stereocenters. The number of pyridine rings is 1.